The molecule has 0 aliphatic carbocycles. The molecule has 0 saturated heterocycles. The number of amidine groups is 1. The van der Waals surface area contributed by atoms with Crippen LogP contribution in [0.25, 0.3) is 0 Å². The van der Waals surface area contributed by atoms with E-state index in [4.69, 9.17) is 32.9 Å². The van der Waals surface area contributed by atoms with Crippen LogP contribution in [0.3, 0.4) is 0 Å². The summed E-state index contributed by atoms with van der Waals surface area (Å²) in [6, 6.07) is 15.5. The SMILES string of the molecule is CCCC1=C(C(=O)OCC)SC2=NC(c3ccc(Cl)cc3)C(c3ccc(Cl)cc3)N21. The van der Waals surface area contributed by atoms with E-state index in [0.29, 0.717) is 21.6 Å². The number of halogens is 2. The van der Waals surface area contributed by atoms with Gasteiger partial charge in [-0.15, -0.1) is 0 Å². The van der Waals surface area contributed by atoms with E-state index in [1.54, 1.807) is 0 Å². The van der Waals surface area contributed by atoms with Crippen molar-refractivity contribution in [2.45, 2.75) is 38.8 Å². The maximum absolute atomic E-state index is 12.6. The van der Waals surface area contributed by atoms with E-state index >= 15 is 0 Å². The number of thioether (sulfide) groups is 1. The van der Waals surface area contributed by atoms with E-state index in [0.717, 1.165) is 34.8 Å². The Balaban J connectivity index is 1.80. The highest BCUT2D eigenvalue weighted by Gasteiger charge is 2.46. The molecule has 7 heteroatoms. The normalized spacial score (nSPS) is 20.4. The predicted molar refractivity (Wildman–Crippen MR) is 124 cm³/mol. The number of carbonyl (C=O) groups excluding carboxylic acids is 1. The van der Waals surface area contributed by atoms with E-state index in [1.165, 1.54) is 11.8 Å². The van der Waals surface area contributed by atoms with E-state index in [-0.39, 0.29) is 18.1 Å². The van der Waals surface area contributed by atoms with Crippen molar-refractivity contribution in [3.05, 3.63) is 80.3 Å². The second-order valence-corrected chi connectivity index (χ2v) is 8.97. The summed E-state index contributed by atoms with van der Waals surface area (Å²) >= 11 is 13.7. The van der Waals surface area contributed by atoms with Gasteiger partial charge in [-0.3, -0.25) is 4.99 Å². The van der Waals surface area contributed by atoms with Gasteiger partial charge < -0.3 is 9.64 Å². The monoisotopic (exact) mass is 460 g/mol. The standard InChI is InChI=1S/C23H22Cl2N2O2S/c1-3-5-18-21(22(28)29-4-2)30-23-26-19(14-6-10-16(24)11-7-14)20(27(18)23)15-8-12-17(25)13-9-15/h6-13,19-20H,3-5H2,1-2H3. The van der Waals surface area contributed by atoms with Crippen molar-refractivity contribution in [3.8, 4) is 0 Å². The molecule has 4 nitrogen and oxygen atoms in total. The molecule has 0 radical (unpaired) electrons. The maximum Gasteiger partial charge on any atom is 0.346 e. The van der Waals surface area contributed by atoms with Crippen molar-refractivity contribution in [3.63, 3.8) is 0 Å². The average Bonchev–Trinajstić information content (AvgIpc) is 3.27. The minimum absolute atomic E-state index is 0.0700. The third kappa shape index (κ3) is 3.98. The summed E-state index contributed by atoms with van der Waals surface area (Å²) in [6.07, 6.45) is 1.69. The Kier molecular flexibility index (Phi) is 6.42. The van der Waals surface area contributed by atoms with Gasteiger partial charge in [0.05, 0.1) is 12.6 Å². The minimum atomic E-state index is -0.277. The molecule has 30 heavy (non-hydrogen) atoms. The van der Waals surface area contributed by atoms with Crippen molar-refractivity contribution < 1.29 is 9.53 Å². The first-order valence-electron chi connectivity index (χ1n) is 9.99. The lowest BCUT2D eigenvalue weighted by atomic mass is 9.93. The number of fused-ring (bicyclic) bond motifs is 1. The topological polar surface area (TPSA) is 41.9 Å². The Hall–Kier alpha value is -1.95. The first-order chi connectivity index (χ1) is 14.5. The fourth-order valence-electron chi connectivity index (χ4n) is 3.87. The van der Waals surface area contributed by atoms with Crippen LogP contribution in [0.5, 0.6) is 0 Å². The van der Waals surface area contributed by atoms with Crippen molar-refractivity contribution in [1.82, 2.24) is 4.90 Å². The minimum Gasteiger partial charge on any atom is -0.462 e. The fourth-order valence-corrected chi connectivity index (χ4v) is 5.25. The molecule has 0 saturated carbocycles. The molecule has 0 bridgehead atoms. The van der Waals surface area contributed by atoms with Crippen molar-refractivity contribution in [1.29, 1.82) is 0 Å². The Labute approximate surface area is 190 Å². The fraction of sp³-hybridized carbons (Fsp3) is 0.304. The molecular weight excluding hydrogens is 439 g/mol. The molecule has 2 aromatic rings. The molecule has 0 fully saturated rings. The lowest BCUT2D eigenvalue weighted by Gasteiger charge is -2.30. The van der Waals surface area contributed by atoms with E-state index in [2.05, 4.69) is 11.8 Å². The average molecular weight is 461 g/mol. The van der Waals surface area contributed by atoms with E-state index < -0.39 is 0 Å². The van der Waals surface area contributed by atoms with Gasteiger partial charge in [-0.05, 0) is 60.5 Å². The number of benzene rings is 2. The van der Waals surface area contributed by atoms with E-state index in [9.17, 15) is 4.79 Å². The Morgan fingerprint density at radius 3 is 2.20 bits per heavy atom. The number of carbonyl (C=O) groups is 1. The summed E-state index contributed by atoms with van der Waals surface area (Å²) in [5.41, 5.74) is 3.16. The molecule has 2 heterocycles. The zero-order valence-corrected chi connectivity index (χ0v) is 19.1. The van der Waals surface area contributed by atoms with Crippen LogP contribution in [0.1, 0.15) is 49.9 Å². The summed E-state index contributed by atoms with van der Waals surface area (Å²) in [5, 5.41) is 2.22. The number of nitrogens with zero attached hydrogens (tertiary/aromatic N) is 2. The van der Waals surface area contributed by atoms with Gasteiger partial charge in [-0.25, -0.2) is 4.79 Å². The second kappa shape index (κ2) is 9.04. The van der Waals surface area contributed by atoms with Crippen LogP contribution < -0.4 is 0 Å². The molecule has 0 aromatic heterocycles. The number of hydrogen-bond donors (Lipinski definition) is 0. The van der Waals surface area contributed by atoms with Crippen LogP contribution in [-0.4, -0.2) is 22.6 Å². The highest BCUT2D eigenvalue weighted by Crippen LogP contribution is 2.52. The zero-order chi connectivity index (χ0) is 21.3. The summed E-state index contributed by atoms with van der Waals surface area (Å²) < 4.78 is 5.32. The quantitative estimate of drug-likeness (QED) is 0.446. The molecule has 0 amide bonds. The molecule has 156 valence electrons. The van der Waals surface area contributed by atoms with Crippen molar-refractivity contribution >= 4 is 46.1 Å². The molecule has 0 spiro atoms. The molecule has 2 aliphatic rings. The number of ether oxygens (including phenoxy) is 1. The summed E-state index contributed by atoms with van der Waals surface area (Å²) in [7, 11) is 0. The molecular formula is C23H22Cl2N2O2S. The van der Waals surface area contributed by atoms with Gasteiger partial charge in [0.2, 0.25) is 0 Å². The Morgan fingerprint density at radius 1 is 1.03 bits per heavy atom. The van der Waals surface area contributed by atoms with Crippen LogP contribution in [0, 0.1) is 0 Å². The molecule has 2 unspecified atom stereocenters. The van der Waals surface area contributed by atoms with Crippen LogP contribution in [0.4, 0.5) is 0 Å². The summed E-state index contributed by atoms with van der Waals surface area (Å²) in [4.78, 5) is 20.5. The summed E-state index contributed by atoms with van der Waals surface area (Å²) in [6.45, 7) is 4.28. The van der Waals surface area contributed by atoms with Crippen LogP contribution in [0.15, 0.2) is 64.1 Å². The number of rotatable bonds is 6. The van der Waals surface area contributed by atoms with Gasteiger partial charge in [0, 0.05) is 15.7 Å². The maximum atomic E-state index is 12.6. The van der Waals surface area contributed by atoms with Gasteiger partial charge >= 0.3 is 5.97 Å². The van der Waals surface area contributed by atoms with Crippen LogP contribution in [0.2, 0.25) is 10.0 Å². The first-order valence-corrected chi connectivity index (χ1v) is 11.6. The van der Waals surface area contributed by atoms with Crippen LogP contribution >= 0.6 is 35.0 Å². The molecule has 2 aromatic carbocycles. The largest absolute Gasteiger partial charge is 0.462 e. The van der Waals surface area contributed by atoms with Gasteiger partial charge in [-0.2, -0.15) is 0 Å². The number of esters is 1. The third-order valence-electron chi connectivity index (χ3n) is 5.15. The molecule has 2 atom stereocenters. The van der Waals surface area contributed by atoms with Gasteiger partial charge in [0.1, 0.15) is 10.9 Å². The number of allylic oxidation sites excluding steroid dienone is 1. The second-order valence-electron chi connectivity index (χ2n) is 7.12. The van der Waals surface area contributed by atoms with Crippen LogP contribution in [-0.2, 0) is 9.53 Å². The van der Waals surface area contributed by atoms with Crippen molar-refractivity contribution in [2.75, 3.05) is 6.61 Å². The van der Waals surface area contributed by atoms with Crippen molar-refractivity contribution in [2.24, 2.45) is 4.99 Å². The Bertz CT molecular complexity index is 1000. The van der Waals surface area contributed by atoms with Gasteiger partial charge in [-0.1, -0.05) is 60.8 Å². The molecule has 4 rings (SSSR count). The zero-order valence-electron chi connectivity index (χ0n) is 16.8. The predicted octanol–water partition coefficient (Wildman–Crippen LogP) is 6.77. The first kappa shape index (κ1) is 21.3. The number of aliphatic imine (C=N–C) groups is 1. The summed E-state index contributed by atoms with van der Waals surface area (Å²) in [5.74, 6) is -0.277. The lowest BCUT2D eigenvalue weighted by molar-refractivity contribution is -0.137. The lowest BCUT2D eigenvalue weighted by Crippen LogP contribution is -2.27. The third-order valence-corrected chi connectivity index (χ3v) is 6.74. The highest BCUT2D eigenvalue weighted by atomic mass is 35.5. The Morgan fingerprint density at radius 2 is 1.63 bits per heavy atom. The van der Waals surface area contributed by atoms with E-state index in [1.807, 2.05) is 55.5 Å². The van der Waals surface area contributed by atoms with Gasteiger partial charge in [0.25, 0.3) is 0 Å². The smallest absolute Gasteiger partial charge is 0.346 e. The highest BCUT2D eigenvalue weighted by molar-refractivity contribution is 8.18. The van der Waals surface area contributed by atoms with Gasteiger partial charge in [0.15, 0.2) is 5.17 Å². The molecule has 2 aliphatic heterocycles. The number of hydrogen-bond acceptors (Lipinski definition) is 5. The molecule has 0 N–H and O–H groups in total.